The molecule has 3 amide bonds. The highest BCUT2D eigenvalue weighted by atomic mass is 32.1. The van der Waals surface area contributed by atoms with Gasteiger partial charge >= 0.3 is 6.03 Å². The van der Waals surface area contributed by atoms with Crippen LogP contribution in [0.15, 0.2) is 54.6 Å². The summed E-state index contributed by atoms with van der Waals surface area (Å²) >= 11 is 1.47. The molecule has 7 heteroatoms. The Kier molecular flexibility index (Phi) is 5.85. The number of amides is 3. The van der Waals surface area contributed by atoms with Gasteiger partial charge in [-0.2, -0.15) is 0 Å². The Morgan fingerprint density at radius 1 is 1.06 bits per heavy atom. The van der Waals surface area contributed by atoms with Crippen LogP contribution < -0.4 is 16.0 Å². The molecule has 3 aliphatic heterocycles. The Morgan fingerprint density at radius 2 is 1.84 bits per heavy atom. The lowest BCUT2D eigenvalue weighted by atomic mass is 9.84. The van der Waals surface area contributed by atoms with Gasteiger partial charge in [-0.05, 0) is 67.9 Å². The van der Waals surface area contributed by atoms with E-state index in [0.29, 0.717) is 11.6 Å². The van der Waals surface area contributed by atoms with Crippen LogP contribution >= 0.6 is 11.3 Å². The second-order valence-electron chi connectivity index (χ2n) is 8.81. The van der Waals surface area contributed by atoms with Crippen LogP contribution in [-0.4, -0.2) is 42.5 Å². The Hall–Kier alpha value is -2.90. The minimum absolute atomic E-state index is 0.00823. The van der Waals surface area contributed by atoms with E-state index in [2.05, 4.69) is 20.9 Å². The van der Waals surface area contributed by atoms with Gasteiger partial charge in [0.15, 0.2) is 0 Å². The summed E-state index contributed by atoms with van der Waals surface area (Å²) in [4.78, 5) is 28.5. The van der Waals surface area contributed by atoms with Gasteiger partial charge < -0.3 is 20.9 Å². The standard InChI is InChI=1S/C25H28N4O2S/c1-16(17-5-3-2-4-6-17)26-25(31)27-20-8-7-19-13-23(32-22(19)14-20)24(30)28-21-15-29-11-9-18(21)10-12-29/h2-8,13-14,16,18,21H,9-12,15H2,1H3,(H,28,30)(H2,26,27,31)/t16-,21-/m0/s1. The summed E-state index contributed by atoms with van der Waals surface area (Å²) in [5.41, 5.74) is 1.76. The fourth-order valence-corrected chi connectivity index (χ4v) is 5.78. The number of hydrogen-bond donors (Lipinski definition) is 3. The second-order valence-corrected chi connectivity index (χ2v) is 9.90. The van der Waals surface area contributed by atoms with E-state index in [1.54, 1.807) is 0 Å². The Labute approximate surface area is 192 Å². The molecule has 3 N–H and O–H groups in total. The highest BCUT2D eigenvalue weighted by Gasteiger charge is 2.35. The average molecular weight is 449 g/mol. The average Bonchev–Trinajstić information content (AvgIpc) is 3.24. The molecule has 1 aromatic heterocycles. The van der Waals surface area contributed by atoms with Crippen LogP contribution in [0.25, 0.3) is 10.1 Å². The molecule has 2 aromatic carbocycles. The number of thiophene rings is 1. The zero-order chi connectivity index (χ0) is 22.1. The molecular weight excluding hydrogens is 420 g/mol. The molecule has 0 aliphatic carbocycles. The monoisotopic (exact) mass is 448 g/mol. The predicted octanol–water partition coefficient (Wildman–Crippen LogP) is 4.61. The van der Waals surface area contributed by atoms with Crippen molar-refractivity contribution < 1.29 is 9.59 Å². The third-order valence-electron chi connectivity index (χ3n) is 6.62. The molecule has 32 heavy (non-hydrogen) atoms. The number of hydrogen-bond acceptors (Lipinski definition) is 4. The van der Waals surface area contributed by atoms with Crippen LogP contribution in [0.1, 0.15) is 41.0 Å². The van der Waals surface area contributed by atoms with Gasteiger partial charge in [-0.1, -0.05) is 36.4 Å². The van der Waals surface area contributed by atoms with E-state index >= 15 is 0 Å². The lowest BCUT2D eigenvalue weighted by Crippen LogP contribution is -2.57. The van der Waals surface area contributed by atoms with Crippen molar-refractivity contribution in [2.24, 2.45) is 5.92 Å². The molecule has 166 valence electrons. The summed E-state index contributed by atoms with van der Waals surface area (Å²) < 4.78 is 0.984. The summed E-state index contributed by atoms with van der Waals surface area (Å²) in [5, 5.41) is 10.1. The summed E-state index contributed by atoms with van der Waals surface area (Å²) in [7, 11) is 0. The number of urea groups is 1. The number of rotatable bonds is 5. The van der Waals surface area contributed by atoms with Gasteiger partial charge in [0.1, 0.15) is 0 Å². The minimum Gasteiger partial charge on any atom is -0.347 e. The van der Waals surface area contributed by atoms with Gasteiger partial charge in [-0.3, -0.25) is 4.79 Å². The summed E-state index contributed by atoms with van der Waals surface area (Å²) in [6.45, 7) is 5.24. The minimum atomic E-state index is -0.252. The van der Waals surface area contributed by atoms with E-state index in [-0.39, 0.29) is 24.0 Å². The van der Waals surface area contributed by atoms with Crippen molar-refractivity contribution >= 4 is 39.0 Å². The van der Waals surface area contributed by atoms with Crippen molar-refractivity contribution in [2.45, 2.75) is 31.8 Å². The molecule has 0 spiro atoms. The van der Waals surface area contributed by atoms with Gasteiger partial charge in [0.05, 0.1) is 10.9 Å². The smallest absolute Gasteiger partial charge is 0.319 e. The van der Waals surface area contributed by atoms with Gasteiger partial charge in [0.25, 0.3) is 5.91 Å². The molecule has 3 fully saturated rings. The second kappa shape index (κ2) is 8.92. The van der Waals surface area contributed by atoms with Crippen molar-refractivity contribution in [3.63, 3.8) is 0 Å². The first kappa shape index (κ1) is 21.0. The van der Waals surface area contributed by atoms with Crippen LogP contribution in [0.2, 0.25) is 0 Å². The predicted molar refractivity (Wildman–Crippen MR) is 129 cm³/mol. The molecule has 3 saturated heterocycles. The van der Waals surface area contributed by atoms with Crippen LogP contribution in [0, 0.1) is 5.92 Å². The van der Waals surface area contributed by atoms with E-state index in [1.165, 1.54) is 24.2 Å². The van der Waals surface area contributed by atoms with Gasteiger partial charge in [0.2, 0.25) is 0 Å². The molecule has 2 bridgehead atoms. The van der Waals surface area contributed by atoms with Crippen LogP contribution in [0.3, 0.4) is 0 Å². The molecular formula is C25H28N4O2S. The van der Waals surface area contributed by atoms with E-state index in [0.717, 1.165) is 40.2 Å². The van der Waals surface area contributed by atoms with Crippen LogP contribution in [0.4, 0.5) is 10.5 Å². The topological polar surface area (TPSA) is 73.5 Å². The van der Waals surface area contributed by atoms with E-state index < -0.39 is 0 Å². The number of benzene rings is 2. The molecule has 3 aromatic rings. The molecule has 0 unspecified atom stereocenters. The first-order valence-electron chi connectivity index (χ1n) is 11.2. The van der Waals surface area contributed by atoms with Gasteiger partial charge in [0, 0.05) is 23.0 Å². The Balaban J connectivity index is 1.23. The van der Waals surface area contributed by atoms with Crippen molar-refractivity contribution in [1.82, 2.24) is 15.5 Å². The fourth-order valence-electron chi connectivity index (χ4n) is 4.78. The van der Waals surface area contributed by atoms with E-state index in [1.807, 2.05) is 61.5 Å². The molecule has 2 atom stereocenters. The van der Waals surface area contributed by atoms with Crippen molar-refractivity contribution in [2.75, 3.05) is 25.0 Å². The number of fused-ring (bicyclic) bond motifs is 4. The van der Waals surface area contributed by atoms with Crippen molar-refractivity contribution in [1.29, 1.82) is 0 Å². The molecule has 0 saturated carbocycles. The Bertz CT molecular complexity index is 1120. The number of carbonyl (C=O) groups excluding carboxylic acids is 2. The summed E-state index contributed by atoms with van der Waals surface area (Å²) in [6, 6.07) is 17.5. The largest absolute Gasteiger partial charge is 0.347 e. The molecule has 4 heterocycles. The van der Waals surface area contributed by atoms with Gasteiger partial charge in [-0.25, -0.2) is 4.79 Å². The summed E-state index contributed by atoms with van der Waals surface area (Å²) in [5.74, 6) is 0.611. The van der Waals surface area contributed by atoms with Gasteiger partial charge in [-0.15, -0.1) is 11.3 Å². The third-order valence-corrected chi connectivity index (χ3v) is 7.72. The Morgan fingerprint density at radius 3 is 2.56 bits per heavy atom. The number of nitrogens with one attached hydrogen (secondary N) is 3. The molecule has 0 radical (unpaired) electrons. The highest BCUT2D eigenvalue weighted by molar-refractivity contribution is 7.20. The normalized spacial score (nSPS) is 23.0. The number of piperidine rings is 3. The van der Waals surface area contributed by atoms with Crippen LogP contribution in [0.5, 0.6) is 0 Å². The highest BCUT2D eigenvalue weighted by Crippen LogP contribution is 2.30. The lowest BCUT2D eigenvalue weighted by molar-refractivity contribution is 0.0622. The maximum atomic E-state index is 12.9. The third kappa shape index (κ3) is 4.49. The zero-order valence-corrected chi connectivity index (χ0v) is 19.0. The zero-order valence-electron chi connectivity index (χ0n) is 18.1. The van der Waals surface area contributed by atoms with E-state index in [9.17, 15) is 9.59 Å². The SMILES string of the molecule is C[C@H](NC(=O)Nc1ccc2cc(C(=O)N[C@H]3CN4CCC3CC4)sc2c1)c1ccccc1. The maximum Gasteiger partial charge on any atom is 0.319 e. The summed E-state index contributed by atoms with van der Waals surface area (Å²) in [6.07, 6.45) is 2.36. The van der Waals surface area contributed by atoms with Crippen molar-refractivity contribution in [3.8, 4) is 0 Å². The first-order valence-corrected chi connectivity index (χ1v) is 12.1. The number of carbonyl (C=O) groups is 2. The maximum absolute atomic E-state index is 12.9. The fraction of sp³-hybridized carbons (Fsp3) is 0.360. The quantitative estimate of drug-likeness (QED) is 0.534. The molecule has 3 aliphatic rings. The van der Waals surface area contributed by atoms with Crippen LogP contribution in [-0.2, 0) is 0 Å². The number of nitrogens with zero attached hydrogens (tertiary/aromatic N) is 1. The number of anilines is 1. The van der Waals surface area contributed by atoms with Crippen molar-refractivity contribution in [3.05, 3.63) is 65.0 Å². The van der Waals surface area contributed by atoms with E-state index in [4.69, 9.17) is 0 Å². The molecule has 6 rings (SSSR count). The molecule has 6 nitrogen and oxygen atoms in total. The lowest BCUT2D eigenvalue weighted by Gasteiger charge is -2.44. The first-order chi connectivity index (χ1) is 15.5.